The number of ketones is 1. The van der Waals surface area contributed by atoms with Gasteiger partial charge in [-0.3, -0.25) is 9.59 Å². The molecule has 7 heteroatoms. The van der Waals surface area contributed by atoms with Crippen LogP contribution in [0.1, 0.15) is 46.3 Å². The quantitative estimate of drug-likeness (QED) is 0.376. The van der Waals surface area contributed by atoms with Gasteiger partial charge in [0.2, 0.25) is 5.91 Å². The fourth-order valence-electron chi connectivity index (χ4n) is 2.82. The highest BCUT2D eigenvalue weighted by Crippen LogP contribution is 2.34. The molecule has 5 nitrogen and oxygen atoms in total. The van der Waals surface area contributed by atoms with Crippen molar-refractivity contribution in [2.75, 3.05) is 5.75 Å². The summed E-state index contributed by atoms with van der Waals surface area (Å²) < 4.78 is 0. The minimum atomic E-state index is -0.0832. The third kappa shape index (κ3) is 4.36. The zero-order chi connectivity index (χ0) is 19.6. The maximum absolute atomic E-state index is 12.6. The van der Waals surface area contributed by atoms with Crippen molar-refractivity contribution >= 4 is 45.0 Å². The van der Waals surface area contributed by atoms with Gasteiger partial charge in [-0.05, 0) is 31.9 Å². The van der Waals surface area contributed by atoms with E-state index in [0.717, 1.165) is 20.8 Å². The fraction of sp³-hybridized carbons (Fsp3) is 0.300. The molecule has 1 aromatic carbocycles. The molecule has 27 heavy (non-hydrogen) atoms. The average molecular weight is 400 g/mol. The maximum Gasteiger partial charge on any atom is 0.217 e. The fourth-order valence-corrected chi connectivity index (χ4v) is 4.83. The minimum absolute atomic E-state index is 0.0510. The molecule has 3 rings (SSSR count). The molecule has 2 aromatic heterocycles. The van der Waals surface area contributed by atoms with Crippen LogP contribution in [0, 0.1) is 13.8 Å². The van der Waals surface area contributed by atoms with E-state index < -0.39 is 0 Å². The Labute approximate surface area is 166 Å². The number of hydrogen-bond donors (Lipinski definition) is 1. The molecule has 0 aliphatic heterocycles. The van der Waals surface area contributed by atoms with Gasteiger partial charge in [-0.25, -0.2) is 9.97 Å². The van der Waals surface area contributed by atoms with Crippen LogP contribution in [0.25, 0.3) is 10.2 Å². The van der Waals surface area contributed by atoms with Crippen LogP contribution in [0.3, 0.4) is 0 Å². The molecule has 0 saturated heterocycles. The second-order valence-electron chi connectivity index (χ2n) is 6.40. The van der Waals surface area contributed by atoms with Crippen molar-refractivity contribution in [3.63, 3.8) is 0 Å². The molecule has 2 heterocycles. The van der Waals surface area contributed by atoms with Gasteiger partial charge in [-0.1, -0.05) is 36.0 Å². The van der Waals surface area contributed by atoms with E-state index in [9.17, 15) is 9.59 Å². The van der Waals surface area contributed by atoms with Gasteiger partial charge in [0.25, 0.3) is 0 Å². The van der Waals surface area contributed by atoms with Gasteiger partial charge in [0.15, 0.2) is 5.78 Å². The summed E-state index contributed by atoms with van der Waals surface area (Å²) in [4.78, 5) is 34.6. The highest BCUT2D eigenvalue weighted by molar-refractivity contribution is 8.00. The number of hydrogen-bond acceptors (Lipinski definition) is 6. The van der Waals surface area contributed by atoms with E-state index in [1.807, 2.05) is 31.2 Å². The SMILES string of the molecule is CC(=O)NC(C)c1ccc(C(=O)CSc2ncnc3sc(C)c(C)c23)cc1. The van der Waals surface area contributed by atoms with Gasteiger partial charge >= 0.3 is 0 Å². The number of nitrogens with zero attached hydrogens (tertiary/aromatic N) is 2. The van der Waals surface area contributed by atoms with E-state index >= 15 is 0 Å². The zero-order valence-electron chi connectivity index (χ0n) is 15.7. The van der Waals surface area contributed by atoms with E-state index in [-0.39, 0.29) is 17.7 Å². The molecule has 0 bridgehead atoms. The molecule has 1 amide bonds. The number of carbonyl (C=O) groups excluding carboxylic acids is 2. The number of thioether (sulfide) groups is 1. The maximum atomic E-state index is 12.6. The summed E-state index contributed by atoms with van der Waals surface area (Å²) in [5.74, 6) is 0.297. The molecule has 0 aliphatic carbocycles. The van der Waals surface area contributed by atoms with Crippen LogP contribution >= 0.6 is 23.1 Å². The lowest BCUT2D eigenvalue weighted by Crippen LogP contribution is -2.23. The summed E-state index contributed by atoms with van der Waals surface area (Å²) >= 11 is 3.10. The molecule has 0 spiro atoms. The van der Waals surface area contributed by atoms with E-state index in [0.29, 0.717) is 11.3 Å². The van der Waals surface area contributed by atoms with Crippen molar-refractivity contribution in [2.45, 2.75) is 38.8 Å². The first-order valence-corrected chi connectivity index (χ1v) is 10.4. The Hall–Kier alpha value is -2.25. The van der Waals surface area contributed by atoms with Gasteiger partial charge in [-0.15, -0.1) is 11.3 Å². The second-order valence-corrected chi connectivity index (χ2v) is 8.57. The van der Waals surface area contributed by atoms with Crippen molar-refractivity contribution in [2.24, 2.45) is 0 Å². The number of benzene rings is 1. The van der Waals surface area contributed by atoms with Crippen LogP contribution in [0.15, 0.2) is 35.6 Å². The van der Waals surface area contributed by atoms with Crippen LogP contribution in [0.4, 0.5) is 0 Å². The smallest absolute Gasteiger partial charge is 0.217 e. The van der Waals surface area contributed by atoms with Gasteiger partial charge in [0, 0.05) is 22.8 Å². The summed E-state index contributed by atoms with van der Waals surface area (Å²) in [7, 11) is 0. The van der Waals surface area contributed by atoms with Gasteiger partial charge in [0.05, 0.1) is 11.8 Å². The Kier molecular flexibility index (Phi) is 5.92. The Morgan fingerprint density at radius 3 is 2.56 bits per heavy atom. The number of thiophene rings is 1. The topological polar surface area (TPSA) is 72.0 Å². The molecule has 0 fully saturated rings. The Balaban J connectivity index is 1.70. The summed E-state index contributed by atoms with van der Waals surface area (Å²) in [6.07, 6.45) is 1.56. The van der Waals surface area contributed by atoms with E-state index in [1.165, 1.54) is 29.1 Å². The van der Waals surface area contributed by atoms with Crippen LogP contribution < -0.4 is 5.32 Å². The van der Waals surface area contributed by atoms with Crippen molar-refractivity contribution in [3.05, 3.63) is 52.2 Å². The number of Topliss-reactive ketones (excluding diaryl/α,β-unsaturated/α-hetero) is 1. The van der Waals surface area contributed by atoms with E-state index in [2.05, 4.69) is 29.1 Å². The standard InChI is InChI=1S/C20H21N3O2S2/c1-11-13(3)27-20-18(11)19(21-10-22-20)26-9-17(25)16-7-5-15(6-8-16)12(2)23-14(4)24/h5-8,10,12H,9H2,1-4H3,(H,23,24). The first-order chi connectivity index (χ1) is 12.9. The first-order valence-electron chi connectivity index (χ1n) is 8.60. The number of fused-ring (bicyclic) bond motifs is 1. The normalized spacial score (nSPS) is 12.1. The van der Waals surface area contributed by atoms with Crippen LogP contribution in [-0.2, 0) is 4.79 Å². The monoisotopic (exact) mass is 399 g/mol. The van der Waals surface area contributed by atoms with Crippen LogP contribution in [0.2, 0.25) is 0 Å². The van der Waals surface area contributed by atoms with Crippen molar-refractivity contribution in [1.29, 1.82) is 0 Å². The molecule has 0 saturated carbocycles. The molecular formula is C20H21N3O2S2. The lowest BCUT2D eigenvalue weighted by atomic mass is 10.0. The predicted molar refractivity (Wildman–Crippen MR) is 111 cm³/mol. The molecule has 3 aromatic rings. The summed E-state index contributed by atoms with van der Waals surface area (Å²) in [6, 6.07) is 7.31. The zero-order valence-corrected chi connectivity index (χ0v) is 17.3. The van der Waals surface area contributed by atoms with Crippen LogP contribution in [-0.4, -0.2) is 27.4 Å². The summed E-state index contributed by atoms with van der Waals surface area (Å²) in [6.45, 7) is 7.55. The molecular weight excluding hydrogens is 378 g/mol. The van der Waals surface area contributed by atoms with Crippen molar-refractivity contribution in [1.82, 2.24) is 15.3 Å². The summed E-state index contributed by atoms with van der Waals surface area (Å²) in [5.41, 5.74) is 2.81. The number of aromatic nitrogens is 2. The number of aryl methyl sites for hydroxylation is 2. The van der Waals surface area contributed by atoms with E-state index in [4.69, 9.17) is 0 Å². The second kappa shape index (κ2) is 8.19. The molecule has 0 radical (unpaired) electrons. The highest BCUT2D eigenvalue weighted by atomic mass is 32.2. The molecule has 1 unspecified atom stereocenters. The molecule has 1 atom stereocenters. The number of carbonyl (C=O) groups is 2. The Morgan fingerprint density at radius 1 is 1.19 bits per heavy atom. The average Bonchev–Trinajstić information content (AvgIpc) is 2.94. The minimum Gasteiger partial charge on any atom is -0.350 e. The lowest BCUT2D eigenvalue weighted by Gasteiger charge is -2.13. The summed E-state index contributed by atoms with van der Waals surface area (Å²) in [5, 5.41) is 4.74. The first kappa shape index (κ1) is 19.5. The lowest BCUT2D eigenvalue weighted by molar-refractivity contribution is -0.119. The van der Waals surface area contributed by atoms with Crippen LogP contribution in [0.5, 0.6) is 0 Å². The molecule has 1 N–H and O–H groups in total. The molecule has 140 valence electrons. The third-order valence-electron chi connectivity index (χ3n) is 4.42. The molecule has 0 aliphatic rings. The van der Waals surface area contributed by atoms with Gasteiger partial charge in [0.1, 0.15) is 16.2 Å². The number of rotatable bonds is 6. The third-order valence-corrected chi connectivity index (χ3v) is 6.53. The number of nitrogens with one attached hydrogen (secondary N) is 1. The van der Waals surface area contributed by atoms with E-state index in [1.54, 1.807) is 17.7 Å². The van der Waals surface area contributed by atoms with Crippen molar-refractivity contribution in [3.8, 4) is 0 Å². The van der Waals surface area contributed by atoms with Gasteiger partial charge < -0.3 is 5.32 Å². The highest BCUT2D eigenvalue weighted by Gasteiger charge is 2.15. The Bertz CT molecular complexity index is 996. The number of amides is 1. The largest absolute Gasteiger partial charge is 0.350 e. The Morgan fingerprint density at radius 2 is 1.89 bits per heavy atom. The van der Waals surface area contributed by atoms with Gasteiger partial charge in [-0.2, -0.15) is 0 Å². The van der Waals surface area contributed by atoms with Crippen molar-refractivity contribution < 1.29 is 9.59 Å². The predicted octanol–water partition coefficient (Wildman–Crippen LogP) is 4.48.